The summed E-state index contributed by atoms with van der Waals surface area (Å²) in [7, 11) is 0. The number of hydrogen-bond acceptors (Lipinski definition) is 6. The number of aliphatic hydroxyl groups excluding tert-OH is 1. The van der Waals surface area contributed by atoms with E-state index in [1.807, 2.05) is 56.9 Å². The highest BCUT2D eigenvalue weighted by Gasteiger charge is 2.79. The third kappa shape index (κ3) is 5.89. The highest BCUT2D eigenvalue weighted by Crippen LogP contribution is 2.64. The van der Waals surface area contributed by atoms with Crippen molar-refractivity contribution < 1.29 is 29.0 Å². The third-order valence-corrected chi connectivity index (χ3v) is 10.7. The number of rotatable bonds is 14. The van der Waals surface area contributed by atoms with Gasteiger partial charge in [-0.1, -0.05) is 45.3 Å². The largest absolute Gasteiger partial charge is 0.494 e. The van der Waals surface area contributed by atoms with Gasteiger partial charge in [0, 0.05) is 24.8 Å². The van der Waals surface area contributed by atoms with Crippen LogP contribution in [0.2, 0.25) is 0 Å². The maximum atomic E-state index is 14.9. The lowest BCUT2D eigenvalue weighted by molar-refractivity contribution is -0.157. The van der Waals surface area contributed by atoms with Crippen LogP contribution in [-0.2, 0) is 19.1 Å². The molecule has 5 rings (SSSR count). The highest BCUT2D eigenvalue weighted by atomic mass is 16.5. The van der Waals surface area contributed by atoms with Crippen LogP contribution >= 0.6 is 0 Å². The molecule has 9 nitrogen and oxygen atoms in total. The lowest BCUT2D eigenvalue weighted by Gasteiger charge is -2.42. The molecule has 3 saturated heterocycles. The van der Waals surface area contributed by atoms with Crippen LogP contribution in [0.1, 0.15) is 79.1 Å². The Balaban J connectivity index is 1.58. The second kappa shape index (κ2) is 13.9. The molecule has 0 aromatic heterocycles. The number of amides is 3. The molecule has 4 fully saturated rings. The van der Waals surface area contributed by atoms with Gasteiger partial charge in [0.05, 0.1) is 36.7 Å². The zero-order valence-corrected chi connectivity index (χ0v) is 28.2. The van der Waals surface area contributed by atoms with Crippen molar-refractivity contribution in [3.63, 3.8) is 0 Å². The van der Waals surface area contributed by atoms with Crippen LogP contribution in [0.25, 0.3) is 0 Å². The van der Waals surface area contributed by atoms with Gasteiger partial charge in [-0.15, -0.1) is 13.2 Å². The lowest BCUT2D eigenvalue weighted by atomic mass is 9.66. The molecular formula is C37H53N3O6. The first-order valence-electron chi connectivity index (χ1n) is 17.3. The predicted octanol–water partition coefficient (Wildman–Crippen LogP) is 5.12. The van der Waals surface area contributed by atoms with E-state index in [1.54, 1.807) is 22.0 Å². The summed E-state index contributed by atoms with van der Waals surface area (Å²) >= 11 is 0. The third-order valence-electron chi connectivity index (χ3n) is 10.7. The summed E-state index contributed by atoms with van der Waals surface area (Å²) < 4.78 is 12.6. The Bertz CT molecular complexity index is 1290. The summed E-state index contributed by atoms with van der Waals surface area (Å²) in [5, 5.41) is 10.7. The van der Waals surface area contributed by atoms with Crippen molar-refractivity contribution in [1.29, 1.82) is 0 Å². The summed E-state index contributed by atoms with van der Waals surface area (Å²) in [4.78, 5) is 49.7. The SMILES string of the molecule is C=CCN(C(=O)[C@@H]1[C@H]2C(=O)N([C@@H](CO)CC(C)C)C(C(=O)N(CC=C)C3CCCCC3)C23CC[C@@]1(C)O3)c1ccc(OCC)cc1. The number of nitrogens with zero attached hydrogens (tertiary/aromatic N) is 3. The van der Waals surface area contributed by atoms with Crippen LogP contribution in [0.15, 0.2) is 49.6 Å². The number of ether oxygens (including phenoxy) is 2. The number of anilines is 1. The van der Waals surface area contributed by atoms with Crippen molar-refractivity contribution in [2.24, 2.45) is 17.8 Å². The van der Waals surface area contributed by atoms with Gasteiger partial charge < -0.3 is 29.3 Å². The van der Waals surface area contributed by atoms with E-state index >= 15 is 0 Å². The Labute approximate surface area is 274 Å². The van der Waals surface area contributed by atoms with Gasteiger partial charge >= 0.3 is 0 Å². The van der Waals surface area contributed by atoms with E-state index in [0.717, 1.165) is 32.1 Å². The van der Waals surface area contributed by atoms with Crippen LogP contribution in [-0.4, -0.2) is 88.3 Å². The summed E-state index contributed by atoms with van der Waals surface area (Å²) in [6, 6.07) is 5.90. The normalized spacial score (nSPS) is 29.5. The molecule has 46 heavy (non-hydrogen) atoms. The molecule has 0 radical (unpaired) electrons. The van der Waals surface area contributed by atoms with Gasteiger partial charge in [0.1, 0.15) is 17.4 Å². The molecule has 1 spiro atoms. The number of fused-ring (bicyclic) bond motifs is 1. The molecule has 2 bridgehead atoms. The Morgan fingerprint density at radius 2 is 1.76 bits per heavy atom. The molecule has 3 aliphatic heterocycles. The average molecular weight is 636 g/mol. The fraction of sp³-hybridized carbons (Fsp3) is 0.649. The first kappa shape index (κ1) is 34.2. The quantitative estimate of drug-likeness (QED) is 0.285. The Hall–Kier alpha value is -3.17. The van der Waals surface area contributed by atoms with Crippen molar-refractivity contribution >= 4 is 23.4 Å². The molecular weight excluding hydrogens is 582 g/mol. The second-order valence-corrected chi connectivity index (χ2v) is 14.2. The molecule has 6 atom stereocenters. The summed E-state index contributed by atoms with van der Waals surface area (Å²) in [5.74, 6) is -1.42. The van der Waals surface area contributed by atoms with Gasteiger partial charge in [-0.2, -0.15) is 0 Å². The number of carbonyl (C=O) groups excluding carboxylic acids is 3. The summed E-state index contributed by atoms with van der Waals surface area (Å²) in [6.07, 6.45) is 10.1. The van der Waals surface area contributed by atoms with E-state index in [0.29, 0.717) is 43.9 Å². The van der Waals surface area contributed by atoms with E-state index in [1.165, 1.54) is 0 Å². The van der Waals surface area contributed by atoms with E-state index in [9.17, 15) is 19.5 Å². The molecule has 1 aromatic rings. The van der Waals surface area contributed by atoms with Gasteiger partial charge in [0.2, 0.25) is 17.7 Å². The van der Waals surface area contributed by atoms with Crippen LogP contribution in [0.3, 0.4) is 0 Å². The molecule has 1 aliphatic carbocycles. The monoisotopic (exact) mass is 635 g/mol. The fourth-order valence-corrected chi connectivity index (χ4v) is 8.85. The van der Waals surface area contributed by atoms with Crippen LogP contribution < -0.4 is 9.64 Å². The van der Waals surface area contributed by atoms with Crippen LogP contribution in [0.4, 0.5) is 5.69 Å². The average Bonchev–Trinajstić information content (AvgIpc) is 3.62. The van der Waals surface area contributed by atoms with Crippen molar-refractivity contribution in [2.75, 3.05) is 31.2 Å². The van der Waals surface area contributed by atoms with E-state index in [4.69, 9.17) is 9.47 Å². The standard InChI is InChI=1S/C37H53N3O6/c1-7-21-38(27-15-17-29(18-16-27)45-9-3)33(42)30-31-34(43)40(28(24-41)23-25(4)5)32(37(31)20-19-36(30,6)46-37)35(44)39(22-8-2)26-13-11-10-12-14-26/h7-8,15-18,25-26,28,30-32,41H,1-2,9-14,19-24H2,3-6H3/t28-,30+,31+,32?,36-,37?/m1/s1. The van der Waals surface area contributed by atoms with Crippen LogP contribution in [0, 0.1) is 17.8 Å². The molecule has 1 saturated carbocycles. The Morgan fingerprint density at radius 1 is 1.09 bits per heavy atom. The van der Waals surface area contributed by atoms with Gasteiger partial charge in [0.25, 0.3) is 0 Å². The lowest BCUT2D eigenvalue weighted by Crippen LogP contribution is -2.60. The smallest absolute Gasteiger partial charge is 0.248 e. The van der Waals surface area contributed by atoms with Crippen LogP contribution in [0.5, 0.6) is 5.75 Å². The topological polar surface area (TPSA) is 99.6 Å². The zero-order chi connectivity index (χ0) is 33.2. The minimum Gasteiger partial charge on any atom is -0.494 e. The number of benzene rings is 1. The number of hydrogen-bond donors (Lipinski definition) is 1. The second-order valence-electron chi connectivity index (χ2n) is 14.2. The molecule has 4 aliphatic rings. The zero-order valence-electron chi connectivity index (χ0n) is 28.2. The fourth-order valence-electron chi connectivity index (χ4n) is 8.85. The van der Waals surface area contributed by atoms with E-state index < -0.39 is 35.1 Å². The first-order chi connectivity index (χ1) is 22.1. The van der Waals surface area contributed by atoms with Gasteiger partial charge in [-0.3, -0.25) is 14.4 Å². The highest BCUT2D eigenvalue weighted by molar-refractivity contribution is 6.03. The number of carbonyl (C=O) groups is 3. The Kier molecular flexibility index (Phi) is 10.3. The number of aliphatic hydroxyl groups is 1. The van der Waals surface area contributed by atoms with E-state index in [2.05, 4.69) is 13.2 Å². The van der Waals surface area contributed by atoms with Crippen molar-refractivity contribution in [1.82, 2.24) is 9.80 Å². The summed E-state index contributed by atoms with van der Waals surface area (Å²) in [5.41, 5.74) is -1.42. The van der Waals surface area contributed by atoms with Crippen molar-refractivity contribution in [3.8, 4) is 5.75 Å². The van der Waals surface area contributed by atoms with Crippen molar-refractivity contribution in [3.05, 3.63) is 49.6 Å². The molecule has 252 valence electrons. The summed E-state index contributed by atoms with van der Waals surface area (Å²) in [6.45, 7) is 16.7. The molecule has 1 N–H and O–H groups in total. The predicted molar refractivity (Wildman–Crippen MR) is 178 cm³/mol. The Morgan fingerprint density at radius 3 is 2.35 bits per heavy atom. The van der Waals surface area contributed by atoms with Gasteiger partial charge in [-0.05, 0) is 76.1 Å². The van der Waals surface area contributed by atoms with Gasteiger partial charge in [0.15, 0.2) is 0 Å². The minimum absolute atomic E-state index is 0.0543. The first-order valence-corrected chi connectivity index (χ1v) is 17.3. The molecule has 9 heteroatoms. The van der Waals surface area contributed by atoms with Crippen molar-refractivity contribution in [2.45, 2.75) is 108 Å². The van der Waals surface area contributed by atoms with E-state index in [-0.39, 0.29) is 42.8 Å². The number of likely N-dealkylation sites (tertiary alicyclic amines) is 1. The minimum atomic E-state index is -1.17. The maximum absolute atomic E-state index is 14.9. The molecule has 2 unspecified atom stereocenters. The molecule has 3 heterocycles. The molecule has 1 aromatic carbocycles. The molecule has 3 amide bonds. The van der Waals surface area contributed by atoms with Gasteiger partial charge in [-0.25, -0.2) is 0 Å². The maximum Gasteiger partial charge on any atom is 0.248 e.